The van der Waals surface area contributed by atoms with E-state index in [0.29, 0.717) is 6.42 Å². The normalized spacial score (nSPS) is 11.9. The fraction of sp³-hybridized carbons (Fsp3) is 0.357. The molecule has 0 saturated carbocycles. The van der Waals surface area contributed by atoms with E-state index in [1.54, 1.807) is 25.2 Å². The Labute approximate surface area is 105 Å². The first kappa shape index (κ1) is 12.1. The summed E-state index contributed by atoms with van der Waals surface area (Å²) in [6.07, 6.45) is 0.575. The number of hydrogen-bond acceptors (Lipinski definition) is 2. The zero-order valence-electron chi connectivity index (χ0n) is 10.3. The van der Waals surface area contributed by atoms with Gasteiger partial charge in [0, 0.05) is 4.70 Å². The molecule has 0 atom stereocenters. The van der Waals surface area contributed by atoms with Gasteiger partial charge in [0.1, 0.15) is 0 Å². The van der Waals surface area contributed by atoms with Crippen LogP contribution in [0.25, 0.3) is 10.1 Å². The maximum Gasteiger partial charge on any atom is 0.309 e. The molecule has 0 aliphatic heterocycles. The van der Waals surface area contributed by atoms with Gasteiger partial charge >= 0.3 is 5.97 Å². The van der Waals surface area contributed by atoms with Crippen LogP contribution >= 0.6 is 11.3 Å². The first-order valence-corrected chi connectivity index (χ1v) is 6.49. The van der Waals surface area contributed by atoms with E-state index in [9.17, 15) is 9.90 Å². The fourth-order valence-corrected chi connectivity index (χ4v) is 2.99. The number of carboxylic acid groups (broad SMARTS) is 1. The van der Waals surface area contributed by atoms with Crippen LogP contribution in [0.5, 0.6) is 0 Å². The summed E-state index contributed by atoms with van der Waals surface area (Å²) < 4.78 is 1.27. The molecule has 1 aromatic heterocycles. The SMILES string of the molecule is Cc1cccc2c(CC(C)(C)C(=O)O)csc12. The molecule has 0 aliphatic carbocycles. The largest absolute Gasteiger partial charge is 0.481 e. The molecular formula is C14H16O2S. The van der Waals surface area contributed by atoms with Crippen molar-refractivity contribution in [2.45, 2.75) is 27.2 Å². The van der Waals surface area contributed by atoms with Crippen molar-refractivity contribution in [3.05, 3.63) is 34.7 Å². The third-order valence-electron chi connectivity index (χ3n) is 3.09. The highest BCUT2D eigenvalue weighted by Gasteiger charge is 2.28. The number of hydrogen-bond donors (Lipinski definition) is 1. The van der Waals surface area contributed by atoms with Gasteiger partial charge in [-0.05, 0) is 49.1 Å². The number of rotatable bonds is 3. The van der Waals surface area contributed by atoms with Crippen LogP contribution in [0.2, 0.25) is 0 Å². The lowest BCUT2D eigenvalue weighted by Gasteiger charge is -2.18. The van der Waals surface area contributed by atoms with E-state index in [-0.39, 0.29) is 0 Å². The van der Waals surface area contributed by atoms with Gasteiger partial charge < -0.3 is 5.11 Å². The average molecular weight is 248 g/mol. The summed E-state index contributed by atoms with van der Waals surface area (Å²) in [5, 5.41) is 12.5. The number of carboxylic acids is 1. The molecular weight excluding hydrogens is 232 g/mol. The van der Waals surface area contributed by atoms with Crippen molar-refractivity contribution >= 4 is 27.4 Å². The molecule has 0 saturated heterocycles. The lowest BCUT2D eigenvalue weighted by molar-refractivity contribution is -0.146. The summed E-state index contributed by atoms with van der Waals surface area (Å²) in [6, 6.07) is 6.19. The van der Waals surface area contributed by atoms with Gasteiger partial charge in [0.05, 0.1) is 5.41 Å². The molecule has 0 unspecified atom stereocenters. The maximum absolute atomic E-state index is 11.2. The Hall–Kier alpha value is -1.35. The number of thiophene rings is 1. The van der Waals surface area contributed by atoms with Gasteiger partial charge in [-0.15, -0.1) is 11.3 Å². The van der Waals surface area contributed by atoms with Crippen LogP contribution in [0, 0.1) is 12.3 Å². The molecule has 0 spiro atoms. The van der Waals surface area contributed by atoms with Crippen molar-refractivity contribution in [3.63, 3.8) is 0 Å². The summed E-state index contributed by atoms with van der Waals surface area (Å²) in [7, 11) is 0. The Morgan fingerprint density at radius 1 is 1.41 bits per heavy atom. The second-order valence-corrected chi connectivity index (χ2v) is 5.96. The van der Waals surface area contributed by atoms with Crippen LogP contribution in [-0.2, 0) is 11.2 Å². The van der Waals surface area contributed by atoms with E-state index in [2.05, 4.69) is 24.4 Å². The van der Waals surface area contributed by atoms with Gasteiger partial charge in [-0.3, -0.25) is 4.79 Å². The summed E-state index contributed by atoms with van der Waals surface area (Å²) in [5.74, 6) is -0.746. The zero-order chi connectivity index (χ0) is 12.6. The molecule has 2 rings (SSSR count). The Bertz CT molecular complexity index is 567. The number of benzene rings is 1. The summed E-state index contributed by atoms with van der Waals surface area (Å²) in [5.41, 5.74) is 1.69. The minimum absolute atomic E-state index is 0.575. The van der Waals surface area contributed by atoms with E-state index in [1.807, 2.05) is 6.07 Å². The first-order chi connectivity index (χ1) is 7.92. The molecule has 2 aromatic rings. The van der Waals surface area contributed by atoms with Crippen molar-refractivity contribution in [2.75, 3.05) is 0 Å². The van der Waals surface area contributed by atoms with Gasteiger partial charge in [-0.2, -0.15) is 0 Å². The van der Waals surface area contributed by atoms with E-state index in [4.69, 9.17) is 0 Å². The number of aryl methyl sites for hydroxylation is 1. The monoisotopic (exact) mass is 248 g/mol. The highest BCUT2D eigenvalue weighted by molar-refractivity contribution is 7.17. The molecule has 0 bridgehead atoms. The topological polar surface area (TPSA) is 37.3 Å². The summed E-state index contributed by atoms with van der Waals surface area (Å²) in [4.78, 5) is 11.2. The molecule has 90 valence electrons. The molecule has 0 aliphatic rings. The molecule has 0 radical (unpaired) electrons. The van der Waals surface area contributed by atoms with Crippen LogP contribution in [0.1, 0.15) is 25.0 Å². The highest BCUT2D eigenvalue weighted by Crippen LogP contribution is 2.33. The predicted molar refractivity (Wildman–Crippen MR) is 71.7 cm³/mol. The lowest BCUT2D eigenvalue weighted by atomic mass is 9.86. The average Bonchev–Trinajstić information content (AvgIpc) is 2.62. The standard InChI is InChI=1S/C14H16O2S/c1-9-5-4-6-11-10(8-17-12(9)11)7-14(2,3)13(15)16/h4-6,8H,7H2,1-3H3,(H,15,16). The Morgan fingerprint density at radius 2 is 2.12 bits per heavy atom. The molecule has 0 amide bonds. The molecule has 3 heteroatoms. The van der Waals surface area contributed by atoms with Gasteiger partial charge in [-0.25, -0.2) is 0 Å². The van der Waals surface area contributed by atoms with Gasteiger partial charge in [-0.1, -0.05) is 18.2 Å². The van der Waals surface area contributed by atoms with Crippen LogP contribution in [0.3, 0.4) is 0 Å². The highest BCUT2D eigenvalue weighted by atomic mass is 32.1. The minimum Gasteiger partial charge on any atom is -0.481 e. The smallest absolute Gasteiger partial charge is 0.309 e. The van der Waals surface area contributed by atoms with Crippen molar-refractivity contribution in [1.82, 2.24) is 0 Å². The van der Waals surface area contributed by atoms with E-state index >= 15 is 0 Å². The fourth-order valence-electron chi connectivity index (χ4n) is 1.94. The number of aliphatic carboxylic acids is 1. The lowest BCUT2D eigenvalue weighted by Crippen LogP contribution is -2.25. The third-order valence-corrected chi connectivity index (χ3v) is 4.27. The van der Waals surface area contributed by atoms with Gasteiger partial charge in [0.15, 0.2) is 0 Å². The van der Waals surface area contributed by atoms with Gasteiger partial charge in [0.25, 0.3) is 0 Å². The Balaban J connectivity index is 2.44. The second-order valence-electron chi connectivity index (χ2n) is 5.08. The molecule has 1 heterocycles. The maximum atomic E-state index is 11.2. The van der Waals surface area contributed by atoms with Crippen LogP contribution in [-0.4, -0.2) is 11.1 Å². The summed E-state index contributed by atoms with van der Waals surface area (Å²) >= 11 is 1.70. The molecule has 0 fully saturated rings. The third kappa shape index (κ3) is 2.20. The molecule has 2 nitrogen and oxygen atoms in total. The summed E-state index contributed by atoms with van der Waals surface area (Å²) in [6.45, 7) is 5.63. The van der Waals surface area contributed by atoms with E-state index in [0.717, 1.165) is 5.56 Å². The number of fused-ring (bicyclic) bond motifs is 1. The second kappa shape index (κ2) is 4.15. The quantitative estimate of drug-likeness (QED) is 0.895. The molecule has 17 heavy (non-hydrogen) atoms. The minimum atomic E-state index is -0.746. The Morgan fingerprint density at radius 3 is 2.76 bits per heavy atom. The van der Waals surface area contributed by atoms with Crippen LogP contribution in [0.15, 0.2) is 23.6 Å². The van der Waals surface area contributed by atoms with E-state index < -0.39 is 11.4 Å². The first-order valence-electron chi connectivity index (χ1n) is 5.61. The van der Waals surface area contributed by atoms with Crippen molar-refractivity contribution < 1.29 is 9.90 Å². The molecule has 1 aromatic carbocycles. The van der Waals surface area contributed by atoms with Crippen LogP contribution < -0.4 is 0 Å². The van der Waals surface area contributed by atoms with Crippen LogP contribution in [0.4, 0.5) is 0 Å². The van der Waals surface area contributed by atoms with E-state index in [1.165, 1.54) is 15.6 Å². The van der Waals surface area contributed by atoms with Gasteiger partial charge in [0.2, 0.25) is 0 Å². The predicted octanol–water partition coefficient (Wildman–Crippen LogP) is 3.86. The van der Waals surface area contributed by atoms with Crippen molar-refractivity contribution in [3.8, 4) is 0 Å². The molecule has 1 N–H and O–H groups in total. The van der Waals surface area contributed by atoms with Crippen molar-refractivity contribution in [2.24, 2.45) is 5.41 Å². The zero-order valence-corrected chi connectivity index (χ0v) is 11.1. The number of carbonyl (C=O) groups is 1. The van der Waals surface area contributed by atoms with Crippen molar-refractivity contribution in [1.29, 1.82) is 0 Å². The Kier molecular flexibility index (Phi) is 2.96.